The number of fused-ring (bicyclic) bond motifs is 1. The van der Waals surface area contributed by atoms with Crippen LogP contribution >= 0.6 is 22.6 Å². The van der Waals surface area contributed by atoms with E-state index in [4.69, 9.17) is 9.47 Å². The Balaban J connectivity index is 1.48. The smallest absolute Gasteiger partial charge is 0.323 e. The number of hydrogen-bond acceptors (Lipinski definition) is 6. The van der Waals surface area contributed by atoms with Gasteiger partial charge in [0.05, 0.1) is 19.7 Å². The molecule has 0 radical (unpaired) electrons. The van der Waals surface area contributed by atoms with Crippen molar-refractivity contribution in [1.29, 1.82) is 0 Å². The molecule has 0 aliphatic carbocycles. The van der Waals surface area contributed by atoms with Gasteiger partial charge in [-0.1, -0.05) is 6.07 Å². The monoisotopic (exact) mass is 541 g/mol. The second-order valence-electron chi connectivity index (χ2n) is 6.74. The molecule has 0 saturated carbocycles. The number of nitrogens with one attached hydrogen (secondary N) is 3. The van der Waals surface area contributed by atoms with Crippen molar-refractivity contribution < 1.29 is 14.3 Å². The lowest BCUT2D eigenvalue weighted by Crippen LogP contribution is -2.19. The largest absolute Gasteiger partial charge is 0.493 e. The number of rotatable bonds is 6. The third-order valence-electron chi connectivity index (χ3n) is 4.63. The number of urea groups is 1. The van der Waals surface area contributed by atoms with Gasteiger partial charge in [0.25, 0.3) is 0 Å². The van der Waals surface area contributed by atoms with Crippen molar-refractivity contribution in [1.82, 2.24) is 9.97 Å². The van der Waals surface area contributed by atoms with Crippen LogP contribution in [-0.2, 0) is 0 Å². The molecule has 8 nitrogen and oxygen atoms in total. The van der Waals surface area contributed by atoms with Gasteiger partial charge in [-0.25, -0.2) is 14.8 Å². The maximum absolute atomic E-state index is 12.2. The number of aromatic nitrogens is 2. The van der Waals surface area contributed by atoms with E-state index in [1.54, 1.807) is 20.3 Å². The van der Waals surface area contributed by atoms with Crippen LogP contribution in [0.2, 0.25) is 0 Å². The van der Waals surface area contributed by atoms with Gasteiger partial charge in [0, 0.05) is 32.1 Å². The first-order valence-electron chi connectivity index (χ1n) is 9.63. The van der Waals surface area contributed by atoms with Gasteiger partial charge in [-0.2, -0.15) is 0 Å². The van der Waals surface area contributed by atoms with E-state index in [2.05, 4.69) is 48.5 Å². The average molecular weight is 541 g/mol. The molecule has 0 atom stereocenters. The SMILES string of the molecule is COc1cc2ncnc(Nc3ccc(NC(=O)Nc4cccc(I)c4)cc3)c2cc1OC. The fourth-order valence-electron chi connectivity index (χ4n) is 3.12. The van der Waals surface area contributed by atoms with Crippen molar-refractivity contribution in [3.05, 3.63) is 70.6 Å². The Kier molecular flexibility index (Phi) is 6.55. The van der Waals surface area contributed by atoms with Gasteiger partial charge in [-0.05, 0) is 71.1 Å². The zero-order valence-corrected chi connectivity index (χ0v) is 19.5. The Morgan fingerprint density at radius 1 is 0.844 bits per heavy atom. The van der Waals surface area contributed by atoms with Crippen LogP contribution in [-0.4, -0.2) is 30.2 Å². The summed E-state index contributed by atoms with van der Waals surface area (Å²) in [5, 5.41) is 9.72. The predicted octanol–water partition coefficient (Wildman–Crippen LogP) is 5.64. The number of amides is 2. The highest BCUT2D eigenvalue weighted by atomic mass is 127. The first-order valence-corrected chi connectivity index (χ1v) is 10.7. The molecule has 162 valence electrons. The Morgan fingerprint density at radius 2 is 1.53 bits per heavy atom. The summed E-state index contributed by atoms with van der Waals surface area (Å²) >= 11 is 2.20. The molecule has 0 spiro atoms. The first kappa shape index (κ1) is 21.6. The van der Waals surface area contributed by atoms with E-state index in [1.807, 2.05) is 54.6 Å². The number of hydrogen-bond donors (Lipinski definition) is 3. The van der Waals surface area contributed by atoms with Crippen LogP contribution in [0.1, 0.15) is 0 Å². The Labute approximate surface area is 198 Å². The highest BCUT2D eigenvalue weighted by Gasteiger charge is 2.11. The zero-order chi connectivity index (χ0) is 22.5. The van der Waals surface area contributed by atoms with Gasteiger partial charge in [-0.3, -0.25) is 0 Å². The summed E-state index contributed by atoms with van der Waals surface area (Å²) < 4.78 is 11.8. The van der Waals surface area contributed by atoms with Gasteiger partial charge in [0.1, 0.15) is 12.1 Å². The number of nitrogens with zero attached hydrogens (tertiary/aromatic N) is 2. The molecule has 2 amide bonds. The molecule has 4 rings (SSSR count). The highest BCUT2D eigenvalue weighted by molar-refractivity contribution is 14.1. The molecule has 1 aromatic heterocycles. The molecule has 4 aromatic rings. The van der Waals surface area contributed by atoms with Crippen molar-refractivity contribution in [2.75, 3.05) is 30.2 Å². The standard InChI is InChI=1S/C23H20IN5O3/c1-31-20-11-18-19(12-21(20)32-2)25-13-26-22(18)27-15-6-8-16(9-7-15)28-23(30)29-17-5-3-4-14(24)10-17/h3-13H,1-2H3,(H,25,26,27)(H2,28,29,30). The summed E-state index contributed by atoms with van der Waals surface area (Å²) in [6, 6.07) is 18.2. The molecule has 0 saturated heterocycles. The van der Waals surface area contributed by atoms with Crippen molar-refractivity contribution in [2.45, 2.75) is 0 Å². The molecule has 1 heterocycles. The second-order valence-corrected chi connectivity index (χ2v) is 7.98. The van der Waals surface area contributed by atoms with Crippen molar-refractivity contribution in [3.63, 3.8) is 0 Å². The number of methoxy groups -OCH3 is 2. The maximum Gasteiger partial charge on any atom is 0.323 e. The fourth-order valence-corrected chi connectivity index (χ4v) is 3.66. The van der Waals surface area contributed by atoms with E-state index in [0.29, 0.717) is 23.0 Å². The number of halogens is 1. The van der Waals surface area contributed by atoms with Gasteiger partial charge < -0.3 is 25.4 Å². The number of benzene rings is 3. The van der Waals surface area contributed by atoms with Crippen LogP contribution in [0.5, 0.6) is 11.5 Å². The number of carbonyl (C=O) groups is 1. The molecule has 0 bridgehead atoms. The molecular weight excluding hydrogens is 521 g/mol. The average Bonchev–Trinajstić information content (AvgIpc) is 2.79. The summed E-state index contributed by atoms with van der Waals surface area (Å²) in [5.74, 6) is 1.83. The van der Waals surface area contributed by atoms with Crippen molar-refractivity contribution in [2.24, 2.45) is 0 Å². The Hall–Kier alpha value is -3.60. The van der Waals surface area contributed by atoms with E-state index in [9.17, 15) is 4.79 Å². The lowest BCUT2D eigenvalue weighted by atomic mass is 10.2. The van der Waals surface area contributed by atoms with Crippen LogP contribution < -0.4 is 25.4 Å². The lowest BCUT2D eigenvalue weighted by Gasteiger charge is -2.12. The minimum absolute atomic E-state index is 0.310. The van der Waals surface area contributed by atoms with Crippen LogP contribution in [0, 0.1) is 3.57 Å². The molecule has 0 aliphatic heterocycles. The van der Waals surface area contributed by atoms with E-state index in [0.717, 1.165) is 25.8 Å². The predicted molar refractivity (Wildman–Crippen MR) is 134 cm³/mol. The van der Waals surface area contributed by atoms with Crippen molar-refractivity contribution in [3.8, 4) is 11.5 Å². The third-order valence-corrected chi connectivity index (χ3v) is 5.30. The summed E-state index contributed by atoms with van der Waals surface area (Å²) in [6.07, 6.45) is 1.49. The quantitative estimate of drug-likeness (QED) is 0.274. The highest BCUT2D eigenvalue weighted by Crippen LogP contribution is 2.34. The Morgan fingerprint density at radius 3 is 2.25 bits per heavy atom. The lowest BCUT2D eigenvalue weighted by molar-refractivity contribution is 0.262. The zero-order valence-electron chi connectivity index (χ0n) is 17.3. The van der Waals surface area contributed by atoms with E-state index >= 15 is 0 Å². The minimum Gasteiger partial charge on any atom is -0.493 e. The molecular formula is C23H20IN5O3. The van der Waals surface area contributed by atoms with Crippen LogP contribution in [0.15, 0.2) is 67.0 Å². The van der Waals surface area contributed by atoms with Crippen LogP contribution in [0.4, 0.5) is 27.7 Å². The topological polar surface area (TPSA) is 97.4 Å². The second kappa shape index (κ2) is 9.69. The number of ether oxygens (including phenoxy) is 2. The van der Waals surface area contributed by atoms with E-state index < -0.39 is 0 Å². The summed E-state index contributed by atoms with van der Waals surface area (Å²) in [5.41, 5.74) is 2.93. The summed E-state index contributed by atoms with van der Waals surface area (Å²) in [6.45, 7) is 0. The van der Waals surface area contributed by atoms with Gasteiger partial charge >= 0.3 is 6.03 Å². The van der Waals surface area contributed by atoms with E-state index in [1.165, 1.54) is 6.33 Å². The first-order chi connectivity index (χ1) is 15.6. The molecule has 32 heavy (non-hydrogen) atoms. The summed E-state index contributed by atoms with van der Waals surface area (Å²) in [4.78, 5) is 20.9. The molecule has 0 aliphatic rings. The molecule has 3 aromatic carbocycles. The third kappa shape index (κ3) is 4.99. The number of carbonyl (C=O) groups excluding carboxylic acids is 1. The van der Waals surface area contributed by atoms with Gasteiger partial charge in [0.15, 0.2) is 11.5 Å². The molecule has 0 fully saturated rings. The molecule has 9 heteroatoms. The fraction of sp³-hybridized carbons (Fsp3) is 0.0870. The van der Waals surface area contributed by atoms with Crippen LogP contribution in [0.3, 0.4) is 0 Å². The summed E-state index contributed by atoms with van der Waals surface area (Å²) in [7, 11) is 3.17. The van der Waals surface area contributed by atoms with Gasteiger partial charge in [0.2, 0.25) is 0 Å². The van der Waals surface area contributed by atoms with E-state index in [-0.39, 0.29) is 6.03 Å². The normalized spacial score (nSPS) is 10.5. The Bertz CT molecular complexity index is 1260. The minimum atomic E-state index is -0.310. The van der Waals surface area contributed by atoms with Crippen molar-refractivity contribution >= 4 is 62.4 Å². The van der Waals surface area contributed by atoms with Gasteiger partial charge in [-0.15, -0.1) is 0 Å². The molecule has 0 unspecified atom stereocenters. The number of anilines is 4. The van der Waals surface area contributed by atoms with Crippen LogP contribution in [0.25, 0.3) is 10.9 Å². The molecule has 3 N–H and O–H groups in total. The maximum atomic E-state index is 12.2.